The summed E-state index contributed by atoms with van der Waals surface area (Å²) in [6.07, 6.45) is -1.17. The van der Waals surface area contributed by atoms with Crippen LogP contribution in [-0.2, 0) is 14.3 Å². The third-order valence-electron chi connectivity index (χ3n) is 1.50. The molecule has 1 aliphatic rings. The van der Waals surface area contributed by atoms with Crippen LogP contribution in [0.25, 0.3) is 0 Å². The van der Waals surface area contributed by atoms with Gasteiger partial charge in [0.15, 0.2) is 12.2 Å². The number of carbonyl (C=O) groups is 2. The van der Waals surface area contributed by atoms with E-state index in [9.17, 15) is 9.59 Å². The molecule has 2 amide bonds. The highest BCUT2D eigenvalue weighted by Crippen LogP contribution is 2.21. The SMILES string of the molecule is CNC(=O)C1OC1C(=O)NC. The van der Waals surface area contributed by atoms with Crippen LogP contribution >= 0.6 is 0 Å². The number of likely N-dealkylation sites (N-methyl/N-ethyl adjacent to an activating group) is 2. The maximum atomic E-state index is 10.8. The Morgan fingerprint density at radius 1 is 1.09 bits per heavy atom. The van der Waals surface area contributed by atoms with Crippen LogP contribution in [0, 0.1) is 0 Å². The zero-order valence-corrected chi connectivity index (χ0v) is 6.38. The quantitative estimate of drug-likeness (QED) is 0.468. The number of hydrogen-bond donors (Lipinski definition) is 2. The van der Waals surface area contributed by atoms with Crippen molar-refractivity contribution in [2.75, 3.05) is 14.1 Å². The molecule has 1 saturated heterocycles. The van der Waals surface area contributed by atoms with E-state index in [1.54, 1.807) is 0 Å². The van der Waals surface area contributed by atoms with Crippen LogP contribution in [0.2, 0.25) is 0 Å². The van der Waals surface area contributed by atoms with Crippen LogP contribution in [0.4, 0.5) is 0 Å². The van der Waals surface area contributed by atoms with Crippen LogP contribution in [0.5, 0.6) is 0 Å². The predicted molar refractivity (Wildman–Crippen MR) is 36.8 cm³/mol. The highest BCUT2D eigenvalue weighted by molar-refractivity contribution is 5.94. The Hall–Kier alpha value is -1.10. The lowest BCUT2D eigenvalue weighted by atomic mass is 10.3. The molecule has 1 fully saturated rings. The van der Waals surface area contributed by atoms with Gasteiger partial charge in [0.1, 0.15) is 0 Å². The van der Waals surface area contributed by atoms with Crippen LogP contribution in [0.15, 0.2) is 0 Å². The van der Waals surface area contributed by atoms with Crippen LogP contribution in [0.1, 0.15) is 0 Å². The first-order chi connectivity index (χ1) is 5.20. The summed E-state index contributed by atoms with van der Waals surface area (Å²) in [4.78, 5) is 21.6. The van der Waals surface area contributed by atoms with E-state index >= 15 is 0 Å². The van der Waals surface area contributed by atoms with Gasteiger partial charge in [0.2, 0.25) is 0 Å². The first kappa shape index (κ1) is 8.00. The molecule has 62 valence electrons. The zero-order valence-electron chi connectivity index (χ0n) is 6.38. The Morgan fingerprint density at radius 3 is 1.73 bits per heavy atom. The summed E-state index contributed by atoms with van der Waals surface area (Å²) in [5.74, 6) is -0.503. The van der Waals surface area contributed by atoms with Crippen LogP contribution in [0.3, 0.4) is 0 Å². The molecule has 0 bridgehead atoms. The third kappa shape index (κ3) is 1.48. The van der Waals surface area contributed by atoms with E-state index in [4.69, 9.17) is 4.74 Å². The summed E-state index contributed by atoms with van der Waals surface area (Å²) < 4.78 is 4.80. The largest absolute Gasteiger partial charge is 0.357 e. The molecule has 5 nitrogen and oxygen atoms in total. The molecule has 1 heterocycles. The summed E-state index contributed by atoms with van der Waals surface area (Å²) in [5, 5.41) is 4.78. The van der Waals surface area contributed by atoms with Crippen molar-refractivity contribution in [1.82, 2.24) is 10.6 Å². The molecule has 0 aromatic rings. The lowest BCUT2D eigenvalue weighted by Crippen LogP contribution is -2.31. The van der Waals surface area contributed by atoms with Gasteiger partial charge in [-0.25, -0.2) is 0 Å². The average Bonchev–Trinajstić information content (AvgIpc) is 2.80. The summed E-state index contributed by atoms with van der Waals surface area (Å²) in [7, 11) is 3.01. The second-order valence-corrected chi connectivity index (χ2v) is 2.21. The van der Waals surface area contributed by atoms with Gasteiger partial charge in [-0.15, -0.1) is 0 Å². The first-order valence-corrected chi connectivity index (χ1v) is 3.29. The molecule has 5 heteroatoms. The maximum absolute atomic E-state index is 10.8. The number of amides is 2. The fourth-order valence-electron chi connectivity index (χ4n) is 0.796. The lowest BCUT2D eigenvalue weighted by Gasteiger charge is -1.92. The van der Waals surface area contributed by atoms with Gasteiger partial charge < -0.3 is 15.4 Å². The number of hydrogen-bond acceptors (Lipinski definition) is 3. The van der Waals surface area contributed by atoms with Crippen molar-refractivity contribution in [3.63, 3.8) is 0 Å². The zero-order chi connectivity index (χ0) is 8.43. The number of nitrogens with one attached hydrogen (secondary N) is 2. The van der Waals surface area contributed by atoms with E-state index in [2.05, 4.69) is 10.6 Å². The van der Waals surface area contributed by atoms with Gasteiger partial charge in [-0.05, 0) is 0 Å². The molecule has 2 atom stereocenters. The maximum Gasteiger partial charge on any atom is 0.252 e. The fraction of sp³-hybridized carbons (Fsp3) is 0.667. The number of carbonyl (C=O) groups excluding carboxylic acids is 2. The highest BCUT2D eigenvalue weighted by Gasteiger charge is 2.49. The molecular formula is C6H10N2O3. The summed E-state index contributed by atoms with van der Waals surface area (Å²) in [6.45, 7) is 0. The Bertz CT molecular complexity index is 172. The first-order valence-electron chi connectivity index (χ1n) is 3.29. The van der Waals surface area contributed by atoms with Crippen molar-refractivity contribution in [3.05, 3.63) is 0 Å². The minimum absolute atomic E-state index is 0.251. The average molecular weight is 158 g/mol. The van der Waals surface area contributed by atoms with Crippen LogP contribution < -0.4 is 10.6 Å². The van der Waals surface area contributed by atoms with Crippen molar-refractivity contribution in [2.24, 2.45) is 0 Å². The molecule has 2 N–H and O–H groups in total. The molecule has 0 radical (unpaired) electrons. The lowest BCUT2D eigenvalue weighted by molar-refractivity contribution is -0.123. The molecule has 1 rings (SSSR count). The van der Waals surface area contributed by atoms with Crippen molar-refractivity contribution in [3.8, 4) is 0 Å². The van der Waals surface area contributed by atoms with Crippen molar-refractivity contribution in [1.29, 1.82) is 0 Å². The van der Waals surface area contributed by atoms with E-state index in [1.807, 2.05) is 0 Å². The monoisotopic (exact) mass is 158 g/mol. The standard InChI is InChI=1S/C6H10N2O3/c1-7-5(9)3-4(11-3)6(10)8-2/h3-4H,1-2H3,(H,7,9)(H,8,10). The van der Waals surface area contributed by atoms with Gasteiger partial charge in [-0.3, -0.25) is 9.59 Å². The van der Waals surface area contributed by atoms with E-state index in [1.165, 1.54) is 14.1 Å². The second-order valence-electron chi connectivity index (χ2n) is 2.21. The third-order valence-corrected chi connectivity index (χ3v) is 1.50. The Morgan fingerprint density at radius 2 is 1.45 bits per heavy atom. The summed E-state index contributed by atoms with van der Waals surface area (Å²) in [6, 6.07) is 0. The van der Waals surface area contributed by atoms with Gasteiger partial charge >= 0.3 is 0 Å². The molecule has 1 aliphatic heterocycles. The van der Waals surface area contributed by atoms with E-state index in [0.717, 1.165) is 0 Å². The molecule has 11 heavy (non-hydrogen) atoms. The summed E-state index contributed by atoms with van der Waals surface area (Å²) >= 11 is 0. The number of rotatable bonds is 2. The van der Waals surface area contributed by atoms with Crippen molar-refractivity contribution < 1.29 is 14.3 Å². The van der Waals surface area contributed by atoms with Crippen molar-refractivity contribution >= 4 is 11.8 Å². The second kappa shape index (κ2) is 2.87. The van der Waals surface area contributed by atoms with E-state index in [0.29, 0.717) is 0 Å². The highest BCUT2D eigenvalue weighted by atomic mass is 16.6. The molecule has 0 aromatic heterocycles. The molecule has 0 aromatic carbocycles. The normalized spacial score (nSPS) is 27.5. The molecule has 0 spiro atoms. The van der Waals surface area contributed by atoms with Gasteiger partial charge in [-0.2, -0.15) is 0 Å². The van der Waals surface area contributed by atoms with Gasteiger partial charge in [0, 0.05) is 14.1 Å². The number of ether oxygens (including phenoxy) is 1. The smallest absolute Gasteiger partial charge is 0.252 e. The minimum Gasteiger partial charge on any atom is -0.357 e. The van der Waals surface area contributed by atoms with Gasteiger partial charge in [0.25, 0.3) is 11.8 Å². The van der Waals surface area contributed by atoms with Crippen molar-refractivity contribution in [2.45, 2.75) is 12.2 Å². The number of epoxide rings is 1. The molecule has 0 aliphatic carbocycles. The van der Waals surface area contributed by atoms with E-state index < -0.39 is 12.2 Å². The van der Waals surface area contributed by atoms with E-state index in [-0.39, 0.29) is 11.8 Å². The minimum atomic E-state index is -0.583. The molecule has 2 unspecified atom stereocenters. The Labute approximate surface area is 64.1 Å². The Kier molecular flexibility index (Phi) is 2.09. The predicted octanol–water partition coefficient (Wildman–Crippen LogP) is -1.75. The fourth-order valence-corrected chi connectivity index (χ4v) is 0.796. The summed E-state index contributed by atoms with van der Waals surface area (Å²) in [5.41, 5.74) is 0. The topological polar surface area (TPSA) is 70.7 Å². The molecule has 0 saturated carbocycles. The Balaban J connectivity index is 2.37. The van der Waals surface area contributed by atoms with Crippen LogP contribution in [-0.4, -0.2) is 38.1 Å². The molecular weight excluding hydrogens is 148 g/mol. The van der Waals surface area contributed by atoms with Gasteiger partial charge in [-0.1, -0.05) is 0 Å². The van der Waals surface area contributed by atoms with Gasteiger partial charge in [0.05, 0.1) is 0 Å².